The summed E-state index contributed by atoms with van der Waals surface area (Å²) in [6.45, 7) is 0. The Kier molecular flexibility index (Phi) is 4.55. The van der Waals surface area contributed by atoms with Gasteiger partial charge >= 0.3 is 0 Å². The van der Waals surface area contributed by atoms with E-state index in [1.54, 1.807) is 0 Å². The van der Waals surface area contributed by atoms with Crippen LogP contribution in [0.2, 0.25) is 5.02 Å². The van der Waals surface area contributed by atoms with Gasteiger partial charge in [0.05, 0.1) is 0 Å². The van der Waals surface area contributed by atoms with Gasteiger partial charge < -0.3 is 0 Å². The van der Waals surface area contributed by atoms with E-state index in [9.17, 15) is 0 Å². The van der Waals surface area contributed by atoms with Crippen LogP contribution in [0.15, 0.2) is 29.2 Å². The zero-order valence-corrected chi connectivity index (χ0v) is 9.46. The first-order valence-electron chi connectivity index (χ1n) is 2.23. The largest absolute Gasteiger partial charge is 0.143 e. The molecule has 0 N–H and O–H groups in total. The second-order valence-electron chi connectivity index (χ2n) is 1.48. The topological polar surface area (TPSA) is 0 Å². The van der Waals surface area contributed by atoms with Gasteiger partial charge in [-0.05, 0) is 24.3 Å². The fourth-order valence-corrected chi connectivity index (χ4v) is 0.716. The molecule has 0 nitrogen and oxygen atoms in total. The van der Waals surface area contributed by atoms with Gasteiger partial charge in [0.25, 0.3) is 0 Å². The summed E-state index contributed by atoms with van der Waals surface area (Å²) in [5.74, 6) is 0. The fraction of sp³-hybridized carbons (Fsp3) is 0. The van der Waals surface area contributed by atoms with Crippen LogP contribution >= 0.6 is 24.2 Å². The molecule has 0 bridgehead atoms. The van der Waals surface area contributed by atoms with Gasteiger partial charge in [-0.3, -0.25) is 0 Å². The second kappa shape index (κ2) is 4.32. The smallest absolute Gasteiger partial charge is 0.0406 e. The summed E-state index contributed by atoms with van der Waals surface area (Å²) in [4.78, 5) is 0.939. The molecule has 44 valence electrons. The molecule has 9 heavy (non-hydrogen) atoms. The van der Waals surface area contributed by atoms with Gasteiger partial charge in [0.2, 0.25) is 0 Å². The second-order valence-corrected chi connectivity index (χ2v) is 2.43. The molecule has 3 heteroatoms. The van der Waals surface area contributed by atoms with Crippen molar-refractivity contribution in [1.82, 2.24) is 0 Å². The van der Waals surface area contributed by atoms with Crippen molar-refractivity contribution < 1.29 is 19.5 Å². The molecule has 0 spiro atoms. The van der Waals surface area contributed by atoms with Gasteiger partial charge in [0, 0.05) is 29.4 Å². The van der Waals surface area contributed by atoms with E-state index in [0.29, 0.717) is 0 Å². The molecule has 1 rings (SSSR count). The normalized spacial score (nSPS) is 8.22. The molecule has 0 aliphatic heterocycles. The summed E-state index contributed by atoms with van der Waals surface area (Å²) in [6.07, 6.45) is 0. The molecule has 0 atom stereocenters. The third-order valence-electron chi connectivity index (χ3n) is 0.827. The molecule has 0 radical (unpaired) electrons. The van der Waals surface area contributed by atoms with Crippen molar-refractivity contribution in [2.75, 3.05) is 0 Å². The van der Waals surface area contributed by atoms with Gasteiger partial charge in [-0.25, -0.2) is 0 Å². The van der Waals surface area contributed by atoms with E-state index in [1.807, 2.05) is 24.3 Å². The van der Waals surface area contributed by atoms with Crippen molar-refractivity contribution in [2.24, 2.45) is 0 Å². The Morgan fingerprint density at radius 1 is 1.11 bits per heavy atom. The molecular weight excluding hydrogens is 205 g/mol. The molecule has 0 saturated heterocycles. The van der Waals surface area contributed by atoms with Crippen LogP contribution in [0, 0.1) is 0 Å². The van der Waals surface area contributed by atoms with Crippen molar-refractivity contribution in [1.29, 1.82) is 0 Å². The van der Waals surface area contributed by atoms with E-state index < -0.39 is 0 Å². The van der Waals surface area contributed by atoms with Gasteiger partial charge in [0.1, 0.15) is 0 Å². The summed E-state index contributed by atoms with van der Waals surface area (Å²) in [6, 6.07) is 7.32. The fourth-order valence-electron chi connectivity index (χ4n) is 0.441. The van der Waals surface area contributed by atoms with Crippen LogP contribution in [0.5, 0.6) is 0 Å². The molecule has 0 aromatic heterocycles. The minimum atomic E-state index is 0. The first-order valence-corrected chi connectivity index (χ1v) is 3.06. The quantitative estimate of drug-likeness (QED) is 0.493. The molecule has 0 unspecified atom stereocenters. The third kappa shape index (κ3) is 3.24. The van der Waals surface area contributed by atoms with Crippen LogP contribution in [0.25, 0.3) is 0 Å². The standard InChI is InChI=1S/C6H5ClS.Zn/c7-5-1-3-6(8)4-2-5;/h1-4,8H;. The maximum atomic E-state index is 5.58. The molecule has 1 aromatic carbocycles. The van der Waals surface area contributed by atoms with Gasteiger partial charge in [0.15, 0.2) is 0 Å². The molecule has 0 aliphatic rings. The molecule has 0 aliphatic carbocycles. The Morgan fingerprint density at radius 2 is 1.56 bits per heavy atom. The van der Waals surface area contributed by atoms with Crippen molar-refractivity contribution in [3.8, 4) is 0 Å². The first kappa shape index (κ1) is 9.48. The number of hydrogen-bond acceptors (Lipinski definition) is 1. The summed E-state index contributed by atoms with van der Waals surface area (Å²) in [5.41, 5.74) is 0. The van der Waals surface area contributed by atoms with E-state index in [4.69, 9.17) is 11.6 Å². The van der Waals surface area contributed by atoms with Gasteiger partial charge in [-0.15, -0.1) is 12.6 Å². The maximum Gasteiger partial charge on any atom is 0.0406 e. The summed E-state index contributed by atoms with van der Waals surface area (Å²) in [7, 11) is 0. The van der Waals surface area contributed by atoms with Gasteiger partial charge in [-0.1, -0.05) is 11.6 Å². The summed E-state index contributed by atoms with van der Waals surface area (Å²) in [5, 5.41) is 0.753. The average Bonchev–Trinajstić information content (AvgIpc) is 1.77. The molecule has 0 fully saturated rings. The molecular formula is C6H5ClSZn. The van der Waals surface area contributed by atoms with E-state index in [0.717, 1.165) is 9.92 Å². The minimum Gasteiger partial charge on any atom is -0.143 e. The summed E-state index contributed by atoms with van der Waals surface area (Å²) < 4.78 is 0. The third-order valence-corrected chi connectivity index (χ3v) is 1.38. The molecule has 0 heterocycles. The van der Waals surface area contributed by atoms with E-state index >= 15 is 0 Å². The number of halogens is 1. The van der Waals surface area contributed by atoms with Crippen molar-refractivity contribution in [3.05, 3.63) is 29.3 Å². The molecule has 0 amide bonds. The Labute approximate surface area is 77.8 Å². The van der Waals surface area contributed by atoms with Crippen LogP contribution in [-0.4, -0.2) is 0 Å². The van der Waals surface area contributed by atoms with Crippen molar-refractivity contribution in [2.45, 2.75) is 4.90 Å². The van der Waals surface area contributed by atoms with Crippen LogP contribution in [0.3, 0.4) is 0 Å². The maximum absolute atomic E-state index is 5.58. The average molecular weight is 210 g/mol. The number of hydrogen-bond donors (Lipinski definition) is 1. The zero-order valence-electron chi connectivity index (χ0n) is 4.84. The van der Waals surface area contributed by atoms with Gasteiger partial charge in [-0.2, -0.15) is 0 Å². The predicted molar refractivity (Wildman–Crippen MR) is 38.7 cm³/mol. The van der Waals surface area contributed by atoms with Crippen molar-refractivity contribution in [3.63, 3.8) is 0 Å². The Hall–Kier alpha value is 0.483. The molecule has 1 aromatic rings. The van der Waals surface area contributed by atoms with Crippen LogP contribution in [-0.2, 0) is 19.5 Å². The molecule has 0 saturated carbocycles. The van der Waals surface area contributed by atoms with Crippen LogP contribution in [0.1, 0.15) is 0 Å². The number of rotatable bonds is 0. The minimum absolute atomic E-state index is 0. The predicted octanol–water partition coefficient (Wildman–Crippen LogP) is 2.63. The van der Waals surface area contributed by atoms with E-state index in [1.165, 1.54) is 0 Å². The van der Waals surface area contributed by atoms with Crippen molar-refractivity contribution >= 4 is 24.2 Å². The Bertz CT molecular complexity index is 152. The Morgan fingerprint density at radius 3 is 1.89 bits per heavy atom. The van der Waals surface area contributed by atoms with E-state index in [2.05, 4.69) is 12.6 Å². The van der Waals surface area contributed by atoms with E-state index in [-0.39, 0.29) is 19.5 Å². The monoisotopic (exact) mass is 208 g/mol. The zero-order chi connectivity index (χ0) is 5.98. The summed E-state index contributed by atoms with van der Waals surface area (Å²) >= 11 is 9.65. The first-order chi connectivity index (χ1) is 3.79. The Balaban J connectivity index is 0.000000640. The number of benzene rings is 1. The van der Waals surface area contributed by atoms with Crippen LogP contribution < -0.4 is 0 Å². The SMILES string of the molecule is Sc1ccc(Cl)cc1.[Zn]. The number of thiol groups is 1. The van der Waals surface area contributed by atoms with Crippen LogP contribution in [0.4, 0.5) is 0 Å².